The van der Waals surface area contributed by atoms with Crippen LogP contribution in [0.25, 0.3) is 0 Å². The number of nitrogens with one attached hydrogen (secondary N) is 2. The molecule has 3 heterocycles. The number of carbonyl (C=O) groups is 1. The largest absolute Gasteiger partial charge is 0.452 e. The molecule has 1 fully saturated rings. The van der Waals surface area contributed by atoms with Crippen molar-refractivity contribution in [3.05, 3.63) is 107 Å². The Kier molecular flexibility index (Phi) is 7.79. The van der Waals surface area contributed by atoms with Crippen molar-refractivity contribution in [2.45, 2.75) is 35.4 Å². The smallest absolute Gasteiger partial charge is 0.226 e. The van der Waals surface area contributed by atoms with E-state index in [4.69, 9.17) is 28.2 Å². The number of carbonyl (C=O) groups excluding carboxylic acids is 1. The second-order valence-electron chi connectivity index (χ2n) is 8.65. The average Bonchev–Trinajstić information content (AvgIpc) is 3.49. The molecule has 0 radical (unpaired) electrons. The molecule has 2 aromatic carbocycles. The van der Waals surface area contributed by atoms with E-state index in [9.17, 15) is 4.79 Å². The number of pyridine rings is 1. The molecule has 1 saturated heterocycles. The Labute approximate surface area is 230 Å². The summed E-state index contributed by atoms with van der Waals surface area (Å²) < 4.78 is 6.31. The highest BCUT2D eigenvalue weighted by atomic mass is 35.5. The van der Waals surface area contributed by atoms with Crippen LogP contribution in [-0.2, 0) is 4.79 Å². The highest BCUT2D eigenvalue weighted by Gasteiger charge is 2.41. The lowest BCUT2D eigenvalue weighted by Crippen LogP contribution is -2.32. The SMILES string of the molecule is Cc1ccccc1NC(=O)CCN1C(=S)N[C@@H](c2ccccn2)[C@@H]1c1ccc(Sc2ccc(Cl)cc2)o1. The minimum Gasteiger partial charge on any atom is -0.452 e. The van der Waals surface area contributed by atoms with Crippen molar-refractivity contribution in [2.75, 3.05) is 11.9 Å². The molecule has 5 rings (SSSR count). The zero-order chi connectivity index (χ0) is 25.8. The average molecular weight is 549 g/mol. The van der Waals surface area contributed by atoms with Crippen LogP contribution in [0.2, 0.25) is 5.02 Å². The zero-order valence-corrected chi connectivity index (χ0v) is 22.4. The molecule has 37 heavy (non-hydrogen) atoms. The Morgan fingerprint density at radius 2 is 1.89 bits per heavy atom. The van der Waals surface area contributed by atoms with Gasteiger partial charge in [-0.2, -0.15) is 0 Å². The van der Waals surface area contributed by atoms with Gasteiger partial charge in [-0.3, -0.25) is 9.78 Å². The number of para-hydroxylation sites is 1. The van der Waals surface area contributed by atoms with Gasteiger partial charge < -0.3 is 20.0 Å². The number of anilines is 1. The number of rotatable bonds is 8. The molecule has 1 aliphatic rings. The summed E-state index contributed by atoms with van der Waals surface area (Å²) in [5.74, 6) is 0.675. The number of aryl methyl sites for hydroxylation is 1. The van der Waals surface area contributed by atoms with Crippen LogP contribution in [0.4, 0.5) is 5.69 Å². The van der Waals surface area contributed by atoms with Gasteiger partial charge >= 0.3 is 0 Å². The van der Waals surface area contributed by atoms with E-state index >= 15 is 0 Å². The molecule has 0 saturated carbocycles. The minimum absolute atomic E-state index is 0.0736. The van der Waals surface area contributed by atoms with Gasteiger partial charge in [0.1, 0.15) is 11.8 Å². The number of furan rings is 1. The number of amides is 1. The summed E-state index contributed by atoms with van der Waals surface area (Å²) in [6, 6.07) is 24.6. The lowest BCUT2D eigenvalue weighted by Gasteiger charge is -2.25. The first-order valence-corrected chi connectivity index (χ1v) is 13.4. The van der Waals surface area contributed by atoms with Crippen LogP contribution in [0.1, 0.15) is 35.5 Å². The van der Waals surface area contributed by atoms with Crippen molar-refractivity contribution in [1.29, 1.82) is 0 Å². The van der Waals surface area contributed by atoms with Crippen LogP contribution < -0.4 is 10.6 Å². The number of hydrogen-bond donors (Lipinski definition) is 2. The van der Waals surface area contributed by atoms with Gasteiger partial charge in [-0.15, -0.1) is 0 Å². The highest BCUT2D eigenvalue weighted by Crippen LogP contribution is 2.41. The molecular weight excluding hydrogens is 524 g/mol. The monoisotopic (exact) mass is 548 g/mol. The van der Waals surface area contributed by atoms with Gasteiger partial charge in [-0.1, -0.05) is 47.6 Å². The molecule has 2 N–H and O–H groups in total. The molecule has 2 atom stereocenters. The molecule has 1 aliphatic heterocycles. The number of hydrogen-bond acceptors (Lipinski definition) is 5. The Morgan fingerprint density at radius 1 is 1.11 bits per heavy atom. The standard InChI is InChI=1S/C28H25ClN4O2S2/c1-18-6-2-3-7-21(18)31-24(34)15-17-33-27(26(32-28(33)36)22-8-4-5-16-30-22)23-13-14-25(35-23)37-20-11-9-19(29)10-12-20/h2-14,16,26-27H,15,17H2,1H3,(H,31,34)(H,32,36)/t26-,27-/m0/s1. The fourth-order valence-corrected chi connectivity index (χ4v) is 5.51. The molecule has 4 aromatic rings. The fourth-order valence-electron chi connectivity index (χ4n) is 4.27. The quantitative estimate of drug-likeness (QED) is 0.235. The van der Waals surface area contributed by atoms with Gasteiger partial charge in [-0.25, -0.2) is 0 Å². The summed E-state index contributed by atoms with van der Waals surface area (Å²) in [5, 5.41) is 8.41. The highest BCUT2D eigenvalue weighted by molar-refractivity contribution is 7.99. The first-order valence-electron chi connectivity index (χ1n) is 11.8. The summed E-state index contributed by atoms with van der Waals surface area (Å²) in [4.78, 5) is 20.4. The third kappa shape index (κ3) is 5.98. The number of benzene rings is 2. The van der Waals surface area contributed by atoms with Gasteiger partial charge in [0.15, 0.2) is 10.2 Å². The van der Waals surface area contributed by atoms with E-state index in [2.05, 4.69) is 15.6 Å². The number of nitrogens with zero attached hydrogens (tertiary/aromatic N) is 2. The summed E-state index contributed by atoms with van der Waals surface area (Å²) in [6.45, 7) is 2.40. The van der Waals surface area contributed by atoms with E-state index in [-0.39, 0.29) is 24.4 Å². The summed E-state index contributed by atoms with van der Waals surface area (Å²) >= 11 is 13.3. The van der Waals surface area contributed by atoms with Gasteiger partial charge in [0.25, 0.3) is 0 Å². The van der Waals surface area contributed by atoms with Crippen molar-refractivity contribution in [3.63, 3.8) is 0 Å². The van der Waals surface area contributed by atoms with E-state index < -0.39 is 0 Å². The maximum Gasteiger partial charge on any atom is 0.226 e. The molecule has 0 unspecified atom stereocenters. The van der Waals surface area contributed by atoms with E-state index in [1.807, 2.05) is 90.7 Å². The number of halogens is 1. The van der Waals surface area contributed by atoms with Crippen molar-refractivity contribution in [1.82, 2.24) is 15.2 Å². The summed E-state index contributed by atoms with van der Waals surface area (Å²) in [7, 11) is 0. The predicted molar refractivity (Wildman–Crippen MR) is 151 cm³/mol. The Morgan fingerprint density at radius 3 is 2.65 bits per heavy atom. The molecule has 0 aliphatic carbocycles. The molecule has 0 bridgehead atoms. The van der Waals surface area contributed by atoms with Crippen molar-refractivity contribution < 1.29 is 9.21 Å². The van der Waals surface area contributed by atoms with Gasteiger partial charge in [0, 0.05) is 34.8 Å². The van der Waals surface area contributed by atoms with Crippen molar-refractivity contribution in [2.24, 2.45) is 0 Å². The lowest BCUT2D eigenvalue weighted by atomic mass is 10.0. The second-order valence-corrected chi connectivity index (χ2v) is 10.5. The fraction of sp³-hybridized carbons (Fsp3) is 0.179. The maximum atomic E-state index is 12.8. The molecule has 188 valence electrons. The molecule has 1 amide bonds. The van der Waals surface area contributed by atoms with Crippen LogP contribution in [-0.4, -0.2) is 27.4 Å². The lowest BCUT2D eigenvalue weighted by molar-refractivity contribution is -0.116. The first kappa shape index (κ1) is 25.3. The predicted octanol–water partition coefficient (Wildman–Crippen LogP) is 6.79. The van der Waals surface area contributed by atoms with Gasteiger partial charge in [0.05, 0.1) is 11.7 Å². The van der Waals surface area contributed by atoms with Crippen LogP contribution in [0.15, 0.2) is 99.5 Å². The minimum atomic E-state index is -0.256. The normalized spacial score (nSPS) is 17.0. The second kappa shape index (κ2) is 11.4. The zero-order valence-electron chi connectivity index (χ0n) is 20.1. The van der Waals surface area contributed by atoms with Crippen LogP contribution >= 0.6 is 35.6 Å². The van der Waals surface area contributed by atoms with Crippen LogP contribution in [0.3, 0.4) is 0 Å². The van der Waals surface area contributed by atoms with E-state index in [1.54, 1.807) is 6.20 Å². The van der Waals surface area contributed by atoms with Crippen molar-refractivity contribution >= 4 is 52.3 Å². The molecular formula is C28H25ClN4O2S2. The molecule has 6 nitrogen and oxygen atoms in total. The third-order valence-electron chi connectivity index (χ3n) is 6.12. The third-order valence-corrected chi connectivity index (χ3v) is 7.66. The summed E-state index contributed by atoms with van der Waals surface area (Å²) in [5.41, 5.74) is 2.68. The Hall–Kier alpha value is -3.33. The Bertz CT molecular complexity index is 1390. The van der Waals surface area contributed by atoms with Crippen molar-refractivity contribution in [3.8, 4) is 0 Å². The van der Waals surface area contributed by atoms with Crippen LogP contribution in [0, 0.1) is 6.92 Å². The van der Waals surface area contributed by atoms with Gasteiger partial charge in [-0.05, 0) is 79.3 Å². The van der Waals surface area contributed by atoms with Crippen LogP contribution in [0.5, 0.6) is 0 Å². The Balaban J connectivity index is 1.36. The number of aromatic nitrogens is 1. The molecule has 2 aromatic heterocycles. The maximum absolute atomic E-state index is 12.8. The van der Waals surface area contributed by atoms with E-state index in [1.165, 1.54) is 11.8 Å². The molecule has 0 spiro atoms. The number of thiocarbonyl (C=S) groups is 1. The van der Waals surface area contributed by atoms with E-state index in [0.29, 0.717) is 16.7 Å². The van der Waals surface area contributed by atoms with E-state index in [0.717, 1.165) is 32.7 Å². The first-order chi connectivity index (χ1) is 18.0. The summed E-state index contributed by atoms with van der Waals surface area (Å²) in [6.07, 6.45) is 2.04. The van der Waals surface area contributed by atoms with Gasteiger partial charge in [0.2, 0.25) is 5.91 Å². The topological polar surface area (TPSA) is 70.4 Å². The molecule has 9 heteroatoms.